The summed E-state index contributed by atoms with van der Waals surface area (Å²) in [6, 6.07) is 18.3. The lowest BCUT2D eigenvalue weighted by molar-refractivity contribution is -0.124. The highest BCUT2D eigenvalue weighted by Gasteiger charge is 2.28. The summed E-state index contributed by atoms with van der Waals surface area (Å²) in [7, 11) is 0. The van der Waals surface area contributed by atoms with Crippen molar-refractivity contribution in [2.45, 2.75) is 6.54 Å². The van der Waals surface area contributed by atoms with Crippen molar-refractivity contribution in [1.82, 2.24) is 4.90 Å². The van der Waals surface area contributed by atoms with E-state index in [0.29, 0.717) is 17.5 Å². The maximum Gasteiger partial charge on any atom is 0.239 e. The number of amides is 1. The Balaban J connectivity index is 1.60. The number of hydrogen-bond acceptors (Lipinski definition) is 5. The van der Waals surface area contributed by atoms with Crippen molar-refractivity contribution in [1.29, 1.82) is 0 Å². The van der Waals surface area contributed by atoms with Gasteiger partial charge in [-0.05, 0) is 27.8 Å². The van der Waals surface area contributed by atoms with E-state index in [1.165, 1.54) is 17.1 Å². The Kier molecular flexibility index (Phi) is 4.63. The zero-order valence-electron chi connectivity index (χ0n) is 13.3. The van der Waals surface area contributed by atoms with Crippen LogP contribution in [0.3, 0.4) is 0 Å². The SMILES string of the molecule is O=C1CSC(=NN=Cc2cccs2)N1Cc1cccc2ccccc12. The topological polar surface area (TPSA) is 45.0 Å². The van der Waals surface area contributed by atoms with Gasteiger partial charge < -0.3 is 0 Å². The first-order chi connectivity index (χ1) is 12.3. The van der Waals surface area contributed by atoms with E-state index >= 15 is 0 Å². The highest BCUT2D eigenvalue weighted by molar-refractivity contribution is 8.15. The van der Waals surface area contributed by atoms with E-state index in [0.717, 1.165) is 15.8 Å². The van der Waals surface area contributed by atoms with Crippen LogP contribution in [0.2, 0.25) is 0 Å². The van der Waals surface area contributed by atoms with Crippen LogP contribution in [0.15, 0.2) is 70.2 Å². The van der Waals surface area contributed by atoms with E-state index in [9.17, 15) is 4.79 Å². The second-order valence-corrected chi connectivity index (χ2v) is 7.47. The van der Waals surface area contributed by atoms with E-state index in [4.69, 9.17) is 0 Å². The third-order valence-corrected chi connectivity index (χ3v) is 5.69. The summed E-state index contributed by atoms with van der Waals surface area (Å²) in [5, 5.41) is 13.4. The van der Waals surface area contributed by atoms with Crippen LogP contribution in [0.1, 0.15) is 10.4 Å². The number of fused-ring (bicyclic) bond motifs is 1. The van der Waals surface area contributed by atoms with Gasteiger partial charge in [-0.2, -0.15) is 5.10 Å². The van der Waals surface area contributed by atoms with Crippen molar-refractivity contribution in [2.75, 3.05) is 5.75 Å². The molecule has 3 aromatic rings. The summed E-state index contributed by atoms with van der Waals surface area (Å²) in [5.41, 5.74) is 1.11. The van der Waals surface area contributed by atoms with Gasteiger partial charge in [-0.1, -0.05) is 60.3 Å². The summed E-state index contributed by atoms with van der Waals surface area (Å²) in [6.07, 6.45) is 1.72. The van der Waals surface area contributed by atoms with Crippen LogP contribution in [-0.2, 0) is 11.3 Å². The molecule has 0 radical (unpaired) electrons. The van der Waals surface area contributed by atoms with E-state index in [1.807, 2.05) is 35.7 Å². The van der Waals surface area contributed by atoms with Crippen molar-refractivity contribution in [3.05, 3.63) is 70.4 Å². The van der Waals surface area contributed by atoms with Crippen LogP contribution in [0.5, 0.6) is 0 Å². The van der Waals surface area contributed by atoms with Gasteiger partial charge in [0.15, 0.2) is 5.17 Å². The molecule has 25 heavy (non-hydrogen) atoms. The first-order valence-electron chi connectivity index (χ1n) is 7.85. The number of benzene rings is 2. The fourth-order valence-electron chi connectivity index (χ4n) is 2.73. The average molecular weight is 365 g/mol. The Labute approximate surface area is 153 Å². The number of carbonyl (C=O) groups excluding carboxylic acids is 1. The third kappa shape index (κ3) is 3.50. The van der Waals surface area contributed by atoms with Crippen molar-refractivity contribution in [3.63, 3.8) is 0 Å². The molecule has 6 heteroatoms. The first kappa shape index (κ1) is 16.1. The highest BCUT2D eigenvalue weighted by atomic mass is 32.2. The van der Waals surface area contributed by atoms with Crippen LogP contribution in [-0.4, -0.2) is 27.9 Å². The minimum Gasteiger partial charge on any atom is -0.285 e. The number of hydrogen-bond donors (Lipinski definition) is 0. The largest absolute Gasteiger partial charge is 0.285 e. The number of rotatable bonds is 4. The van der Waals surface area contributed by atoms with Crippen LogP contribution < -0.4 is 0 Å². The molecule has 124 valence electrons. The van der Waals surface area contributed by atoms with Gasteiger partial charge in [0.25, 0.3) is 0 Å². The van der Waals surface area contributed by atoms with Gasteiger partial charge in [-0.25, -0.2) is 0 Å². The van der Waals surface area contributed by atoms with E-state index < -0.39 is 0 Å². The molecular formula is C19H15N3OS2. The van der Waals surface area contributed by atoms with E-state index in [2.05, 4.69) is 34.5 Å². The molecule has 1 aliphatic heterocycles. The number of carbonyl (C=O) groups is 1. The maximum atomic E-state index is 12.3. The molecule has 2 heterocycles. The normalized spacial score (nSPS) is 16.6. The standard InChI is InChI=1S/C19H15N3OS2/c23-18-13-25-19(21-20-11-16-8-4-10-24-16)22(18)12-15-7-3-6-14-5-1-2-9-17(14)15/h1-11H,12-13H2. The molecule has 1 amide bonds. The lowest BCUT2D eigenvalue weighted by Crippen LogP contribution is -2.28. The van der Waals surface area contributed by atoms with E-state index in [1.54, 1.807) is 22.5 Å². The summed E-state index contributed by atoms with van der Waals surface area (Å²) >= 11 is 3.04. The average Bonchev–Trinajstić information content (AvgIpc) is 3.27. The molecule has 1 aromatic heterocycles. The molecule has 0 atom stereocenters. The monoisotopic (exact) mass is 365 g/mol. The van der Waals surface area contributed by atoms with Crippen molar-refractivity contribution >= 4 is 51.2 Å². The van der Waals surface area contributed by atoms with Crippen LogP contribution in [0.25, 0.3) is 10.8 Å². The number of amidine groups is 1. The molecule has 4 nitrogen and oxygen atoms in total. The molecule has 0 unspecified atom stereocenters. The van der Waals surface area contributed by atoms with Gasteiger partial charge in [0.2, 0.25) is 5.91 Å². The van der Waals surface area contributed by atoms with Crippen LogP contribution in [0.4, 0.5) is 0 Å². The Hall–Kier alpha value is -2.44. The second-order valence-electron chi connectivity index (χ2n) is 5.55. The number of thioether (sulfide) groups is 1. The minimum absolute atomic E-state index is 0.0722. The van der Waals surface area contributed by atoms with E-state index in [-0.39, 0.29) is 5.91 Å². The maximum absolute atomic E-state index is 12.3. The highest BCUT2D eigenvalue weighted by Crippen LogP contribution is 2.25. The summed E-state index contributed by atoms with van der Waals surface area (Å²) in [4.78, 5) is 15.1. The predicted molar refractivity (Wildman–Crippen MR) is 106 cm³/mol. The third-order valence-electron chi connectivity index (χ3n) is 3.94. The number of nitrogens with zero attached hydrogens (tertiary/aromatic N) is 3. The Bertz CT molecular complexity index is 958. The molecule has 0 bridgehead atoms. The zero-order chi connectivity index (χ0) is 17.1. The van der Waals surface area contributed by atoms with Crippen molar-refractivity contribution in [3.8, 4) is 0 Å². The van der Waals surface area contributed by atoms with Crippen molar-refractivity contribution in [2.24, 2.45) is 10.2 Å². The van der Waals surface area contributed by atoms with Gasteiger partial charge >= 0.3 is 0 Å². The number of thiophene rings is 1. The molecule has 1 aliphatic rings. The van der Waals surface area contributed by atoms with Gasteiger partial charge in [-0.15, -0.1) is 16.4 Å². The molecule has 2 aromatic carbocycles. The Morgan fingerprint density at radius 3 is 2.84 bits per heavy atom. The molecule has 1 saturated heterocycles. The van der Waals surface area contributed by atoms with Gasteiger partial charge in [0.05, 0.1) is 18.5 Å². The zero-order valence-corrected chi connectivity index (χ0v) is 15.0. The van der Waals surface area contributed by atoms with Gasteiger partial charge in [0, 0.05) is 4.88 Å². The molecule has 4 rings (SSSR count). The molecular weight excluding hydrogens is 350 g/mol. The predicted octanol–water partition coefficient (Wildman–Crippen LogP) is 4.37. The molecule has 0 spiro atoms. The van der Waals surface area contributed by atoms with Crippen molar-refractivity contribution < 1.29 is 4.79 Å². The smallest absolute Gasteiger partial charge is 0.239 e. The minimum atomic E-state index is 0.0722. The Morgan fingerprint density at radius 1 is 1.08 bits per heavy atom. The molecule has 0 N–H and O–H groups in total. The summed E-state index contributed by atoms with van der Waals surface area (Å²) < 4.78 is 0. The lowest BCUT2D eigenvalue weighted by atomic mass is 10.0. The molecule has 1 fully saturated rings. The quantitative estimate of drug-likeness (QED) is 0.509. The van der Waals surface area contributed by atoms with Gasteiger partial charge in [0.1, 0.15) is 0 Å². The summed E-state index contributed by atoms with van der Waals surface area (Å²) in [6.45, 7) is 0.514. The molecule has 0 aliphatic carbocycles. The molecule has 0 saturated carbocycles. The van der Waals surface area contributed by atoms with Gasteiger partial charge in [-0.3, -0.25) is 9.69 Å². The Morgan fingerprint density at radius 2 is 1.96 bits per heavy atom. The second kappa shape index (κ2) is 7.21. The fourth-order valence-corrected chi connectivity index (χ4v) is 4.14. The first-order valence-corrected chi connectivity index (χ1v) is 9.72. The van der Waals surface area contributed by atoms with Crippen LogP contribution >= 0.6 is 23.1 Å². The van der Waals surface area contributed by atoms with Crippen LogP contribution in [0, 0.1) is 0 Å². The lowest BCUT2D eigenvalue weighted by Gasteiger charge is -2.16. The summed E-state index contributed by atoms with van der Waals surface area (Å²) in [5.74, 6) is 0.487. The fraction of sp³-hybridized carbons (Fsp3) is 0.105.